The van der Waals surface area contributed by atoms with E-state index in [1.807, 2.05) is 24.3 Å². The van der Waals surface area contributed by atoms with Crippen molar-refractivity contribution in [2.75, 3.05) is 7.11 Å². The van der Waals surface area contributed by atoms with Crippen LogP contribution in [0.15, 0.2) is 42.6 Å². The Morgan fingerprint density at radius 2 is 2.00 bits per heavy atom. The van der Waals surface area contributed by atoms with E-state index >= 15 is 0 Å². The average molecular weight is 264 g/mol. The lowest BCUT2D eigenvalue weighted by Crippen LogP contribution is -2.29. The molecule has 0 fully saturated rings. The number of aromatic nitrogens is 1. The molecule has 0 bridgehead atoms. The molecule has 1 atom stereocenters. The lowest BCUT2D eigenvalue weighted by Gasteiger charge is -2.17. The van der Waals surface area contributed by atoms with E-state index in [0.29, 0.717) is 10.7 Å². The maximum Gasteiger partial charge on any atom is 0.118 e. The second-order valence-corrected chi connectivity index (χ2v) is 4.15. The van der Waals surface area contributed by atoms with Crippen LogP contribution in [-0.4, -0.2) is 12.1 Å². The number of nitrogens with two attached hydrogens (primary N) is 1. The predicted molar refractivity (Wildman–Crippen MR) is 71.4 cm³/mol. The average Bonchev–Trinajstić information content (AvgIpc) is 2.42. The molecule has 1 heterocycles. The van der Waals surface area contributed by atoms with Gasteiger partial charge in [0.15, 0.2) is 0 Å². The first kappa shape index (κ1) is 12.8. The summed E-state index contributed by atoms with van der Waals surface area (Å²) in [5.74, 6) is 6.39. The third-order valence-corrected chi connectivity index (χ3v) is 3.00. The molecule has 1 aromatic heterocycles. The number of methoxy groups -OCH3 is 1. The van der Waals surface area contributed by atoms with Crippen molar-refractivity contribution in [1.29, 1.82) is 0 Å². The fraction of sp³-hybridized carbons (Fsp3) is 0.154. The first-order chi connectivity index (χ1) is 8.76. The third-order valence-electron chi connectivity index (χ3n) is 2.68. The molecule has 0 saturated heterocycles. The minimum absolute atomic E-state index is 0.246. The summed E-state index contributed by atoms with van der Waals surface area (Å²) in [5, 5.41) is 0.580. The molecule has 0 aliphatic heterocycles. The lowest BCUT2D eigenvalue weighted by atomic mass is 10.0. The lowest BCUT2D eigenvalue weighted by molar-refractivity contribution is 0.414. The highest BCUT2D eigenvalue weighted by Gasteiger charge is 2.16. The number of ether oxygens (including phenoxy) is 1. The minimum Gasteiger partial charge on any atom is -0.497 e. The van der Waals surface area contributed by atoms with Gasteiger partial charge in [-0.1, -0.05) is 23.7 Å². The molecule has 0 spiro atoms. The molecule has 4 nitrogen and oxygen atoms in total. The number of hydrazine groups is 1. The van der Waals surface area contributed by atoms with Gasteiger partial charge in [0.2, 0.25) is 0 Å². The summed E-state index contributed by atoms with van der Waals surface area (Å²) in [4.78, 5) is 4.26. The molecule has 0 aliphatic carbocycles. The van der Waals surface area contributed by atoms with Crippen LogP contribution in [0.1, 0.15) is 17.3 Å². The largest absolute Gasteiger partial charge is 0.497 e. The molecule has 2 rings (SSSR count). The Balaban J connectivity index is 2.36. The van der Waals surface area contributed by atoms with Crippen LogP contribution in [-0.2, 0) is 0 Å². The van der Waals surface area contributed by atoms with Crippen LogP contribution in [0.2, 0.25) is 5.02 Å². The van der Waals surface area contributed by atoms with Crippen molar-refractivity contribution >= 4 is 11.6 Å². The van der Waals surface area contributed by atoms with Crippen molar-refractivity contribution in [1.82, 2.24) is 10.4 Å². The van der Waals surface area contributed by atoms with E-state index in [4.69, 9.17) is 22.2 Å². The molecule has 3 N–H and O–H groups in total. The quantitative estimate of drug-likeness (QED) is 0.656. The number of rotatable bonds is 4. The molecular formula is C13H14ClN3O. The Labute approximate surface area is 111 Å². The topological polar surface area (TPSA) is 60.2 Å². The maximum absolute atomic E-state index is 6.12. The van der Waals surface area contributed by atoms with Crippen molar-refractivity contribution in [3.8, 4) is 5.75 Å². The van der Waals surface area contributed by atoms with E-state index in [9.17, 15) is 0 Å². The fourth-order valence-corrected chi connectivity index (χ4v) is 1.97. The van der Waals surface area contributed by atoms with Gasteiger partial charge in [-0.15, -0.1) is 0 Å². The van der Waals surface area contributed by atoms with Gasteiger partial charge in [0, 0.05) is 6.20 Å². The third kappa shape index (κ3) is 2.61. The van der Waals surface area contributed by atoms with Crippen LogP contribution in [0.25, 0.3) is 0 Å². The molecule has 2 aromatic rings. The SMILES string of the molecule is COc1ccc(C(NN)c2ncccc2Cl)cc1. The van der Waals surface area contributed by atoms with Crippen molar-refractivity contribution in [2.45, 2.75) is 6.04 Å². The van der Waals surface area contributed by atoms with Crippen molar-refractivity contribution in [2.24, 2.45) is 5.84 Å². The number of pyridine rings is 1. The van der Waals surface area contributed by atoms with E-state index < -0.39 is 0 Å². The Hall–Kier alpha value is -1.62. The molecule has 18 heavy (non-hydrogen) atoms. The molecule has 1 unspecified atom stereocenters. The fourth-order valence-electron chi connectivity index (χ4n) is 1.74. The summed E-state index contributed by atoms with van der Waals surface area (Å²) in [6.07, 6.45) is 1.69. The van der Waals surface area contributed by atoms with Crippen LogP contribution in [0.4, 0.5) is 0 Å². The standard InChI is InChI=1S/C13H14ClN3O/c1-18-10-6-4-9(5-7-10)12(17-15)13-11(14)3-2-8-16-13/h2-8,12,17H,15H2,1H3. The normalized spacial score (nSPS) is 12.2. The van der Waals surface area contributed by atoms with E-state index in [0.717, 1.165) is 11.3 Å². The highest BCUT2D eigenvalue weighted by Crippen LogP contribution is 2.26. The summed E-state index contributed by atoms with van der Waals surface area (Å²) in [7, 11) is 1.63. The maximum atomic E-state index is 6.12. The summed E-state index contributed by atoms with van der Waals surface area (Å²) >= 11 is 6.12. The Bertz CT molecular complexity index is 516. The molecular weight excluding hydrogens is 250 g/mol. The molecule has 0 radical (unpaired) electrons. The van der Waals surface area contributed by atoms with Gasteiger partial charge in [-0.3, -0.25) is 10.8 Å². The molecule has 0 amide bonds. The predicted octanol–water partition coefficient (Wildman–Crippen LogP) is 2.30. The van der Waals surface area contributed by atoms with Gasteiger partial charge in [-0.05, 0) is 29.8 Å². The zero-order valence-corrected chi connectivity index (χ0v) is 10.7. The van der Waals surface area contributed by atoms with Crippen molar-refractivity contribution < 1.29 is 4.74 Å². The molecule has 5 heteroatoms. The monoisotopic (exact) mass is 263 g/mol. The van der Waals surface area contributed by atoms with Crippen LogP contribution in [0.5, 0.6) is 5.75 Å². The molecule has 1 aromatic carbocycles. The van der Waals surface area contributed by atoms with Gasteiger partial charge in [0.25, 0.3) is 0 Å². The zero-order chi connectivity index (χ0) is 13.0. The van der Waals surface area contributed by atoms with Crippen LogP contribution < -0.4 is 16.0 Å². The van der Waals surface area contributed by atoms with E-state index in [1.54, 1.807) is 25.4 Å². The number of benzene rings is 1. The smallest absolute Gasteiger partial charge is 0.118 e. The Morgan fingerprint density at radius 3 is 2.56 bits per heavy atom. The summed E-state index contributed by atoms with van der Waals surface area (Å²) in [6.45, 7) is 0. The van der Waals surface area contributed by atoms with Crippen LogP contribution in [0, 0.1) is 0 Å². The van der Waals surface area contributed by atoms with Crippen LogP contribution >= 0.6 is 11.6 Å². The summed E-state index contributed by atoms with van der Waals surface area (Å²) in [5.41, 5.74) is 4.40. The summed E-state index contributed by atoms with van der Waals surface area (Å²) < 4.78 is 5.12. The van der Waals surface area contributed by atoms with Gasteiger partial charge < -0.3 is 4.74 Å². The highest BCUT2D eigenvalue weighted by molar-refractivity contribution is 6.31. The molecule has 0 aliphatic rings. The van der Waals surface area contributed by atoms with Crippen molar-refractivity contribution in [3.63, 3.8) is 0 Å². The van der Waals surface area contributed by atoms with E-state index in [2.05, 4.69) is 10.4 Å². The van der Waals surface area contributed by atoms with Gasteiger partial charge in [-0.2, -0.15) is 0 Å². The van der Waals surface area contributed by atoms with E-state index in [1.165, 1.54) is 0 Å². The van der Waals surface area contributed by atoms with Gasteiger partial charge >= 0.3 is 0 Å². The second-order valence-electron chi connectivity index (χ2n) is 3.74. The second kappa shape index (κ2) is 5.82. The highest BCUT2D eigenvalue weighted by atomic mass is 35.5. The molecule has 94 valence electrons. The van der Waals surface area contributed by atoms with E-state index in [-0.39, 0.29) is 6.04 Å². The number of hydrogen-bond acceptors (Lipinski definition) is 4. The summed E-state index contributed by atoms with van der Waals surface area (Å²) in [6, 6.07) is 10.9. The molecule has 0 saturated carbocycles. The van der Waals surface area contributed by atoms with Gasteiger partial charge in [-0.25, -0.2) is 5.43 Å². The van der Waals surface area contributed by atoms with Gasteiger partial charge in [0.1, 0.15) is 5.75 Å². The number of nitrogens with zero attached hydrogens (tertiary/aromatic N) is 1. The first-order valence-corrected chi connectivity index (χ1v) is 5.84. The van der Waals surface area contributed by atoms with Crippen LogP contribution in [0.3, 0.4) is 0 Å². The minimum atomic E-state index is -0.246. The zero-order valence-electron chi connectivity index (χ0n) is 9.93. The number of halogens is 1. The number of nitrogens with one attached hydrogen (secondary N) is 1. The number of hydrogen-bond donors (Lipinski definition) is 2. The Kier molecular flexibility index (Phi) is 4.15. The first-order valence-electron chi connectivity index (χ1n) is 5.46. The van der Waals surface area contributed by atoms with Crippen molar-refractivity contribution in [3.05, 3.63) is 58.9 Å². The van der Waals surface area contributed by atoms with Gasteiger partial charge in [0.05, 0.1) is 23.9 Å². The Morgan fingerprint density at radius 1 is 1.28 bits per heavy atom.